The van der Waals surface area contributed by atoms with Crippen molar-refractivity contribution in [3.63, 3.8) is 0 Å². The van der Waals surface area contributed by atoms with Gasteiger partial charge in [-0.05, 0) is 30.9 Å². The first-order chi connectivity index (χ1) is 11.2. The molecule has 1 fully saturated rings. The molecule has 4 rings (SSSR count). The maximum atomic E-state index is 11.5. The zero-order chi connectivity index (χ0) is 15.8. The first-order valence-electron chi connectivity index (χ1n) is 7.58. The van der Waals surface area contributed by atoms with E-state index in [2.05, 4.69) is 15.0 Å². The highest BCUT2D eigenvalue weighted by Gasteiger charge is 2.23. The molecule has 1 saturated carbocycles. The van der Waals surface area contributed by atoms with Crippen molar-refractivity contribution in [3.8, 4) is 17.0 Å². The standard InChI is InChI=1S/C17H16N4O2/c18-17(22)12-7-19-16-14(20-9-21-15(12)16)11-3-1-2-4-13(11)23-8-10-5-6-10/h1-4,7,9-10,19H,5-6,8H2,(H2,18,22). The van der Waals surface area contributed by atoms with Gasteiger partial charge in [0, 0.05) is 11.8 Å². The molecule has 3 aromatic rings. The number of carbonyl (C=O) groups excluding carboxylic acids is 1. The van der Waals surface area contributed by atoms with Crippen LogP contribution >= 0.6 is 0 Å². The Labute approximate surface area is 132 Å². The molecular weight excluding hydrogens is 292 g/mol. The minimum Gasteiger partial charge on any atom is -0.493 e. The number of benzene rings is 1. The van der Waals surface area contributed by atoms with Crippen LogP contribution in [0.4, 0.5) is 0 Å². The summed E-state index contributed by atoms with van der Waals surface area (Å²) in [4.78, 5) is 23.1. The summed E-state index contributed by atoms with van der Waals surface area (Å²) in [6.45, 7) is 0.725. The lowest BCUT2D eigenvalue weighted by atomic mass is 10.1. The highest BCUT2D eigenvalue weighted by molar-refractivity contribution is 6.07. The first-order valence-corrected chi connectivity index (χ1v) is 7.58. The fourth-order valence-electron chi connectivity index (χ4n) is 2.61. The zero-order valence-corrected chi connectivity index (χ0v) is 12.5. The van der Waals surface area contributed by atoms with Crippen LogP contribution in [0, 0.1) is 5.92 Å². The van der Waals surface area contributed by atoms with Gasteiger partial charge in [-0.2, -0.15) is 0 Å². The van der Waals surface area contributed by atoms with E-state index in [0.29, 0.717) is 28.2 Å². The Kier molecular flexibility index (Phi) is 3.22. The van der Waals surface area contributed by atoms with Crippen molar-refractivity contribution in [3.05, 3.63) is 42.4 Å². The predicted octanol–water partition coefficient (Wildman–Crippen LogP) is 2.51. The highest BCUT2D eigenvalue weighted by Crippen LogP contribution is 2.35. The number of ether oxygens (including phenoxy) is 1. The molecule has 0 spiro atoms. The smallest absolute Gasteiger partial charge is 0.252 e. The lowest BCUT2D eigenvalue weighted by Crippen LogP contribution is -2.10. The Balaban J connectivity index is 1.81. The van der Waals surface area contributed by atoms with E-state index >= 15 is 0 Å². The van der Waals surface area contributed by atoms with Crippen molar-refractivity contribution < 1.29 is 9.53 Å². The van der Waals surface area contributed by atoms with Gasteiger partial charge in [0.15, 0.2) is 0 Å². The number of nitrogens with one attached hydrogen (secondary N) is 1. The molecule has 3 N–H and O–H groups in total. The fraction of sp³-hybridized carbons (Fsp3) is 0.235. The summed E-state index contributed by atoms with van der Waals surface area (Å²) >= 11 is 0. The summed E-state index contributed by atoms with van der Waals surface area (Å²) in [5.74, 6) is 0.939. The zero-order valence-electron chi connectivity index (χ0n) is 12.5. The normalized spacial score (nSPS) is 14.1. The van der Waals surface area contributed by atoms with Gasteiger partial charge in [0.2, 0.25) is 0 Å². The molecule has 6 heteroatoms. The molecule has 1 aliphatic carbocycles. The lowest BCUT2D eigenvalue weighted by molar-refractivity contribution is 0.100. The summed E-state index contributed by atoms with van der Waals surface area (Å²) in [6, 6.07) is 7.76. The van der Waals surface area contributed by atoms with Crippen LogP contribution in [0.3, 0.4) is 0 Å². The van der Waals surface area contributed by atoms with Crippen LogP contribution in [0.1, 0.15) is 23.2 Å². The molecular formula is C17H16N4O2. The van der Waals surface area contributed by atoms with E-state index in [4.69, 9.17) is 10.5 Å². The van der Waals surface area contributed by atoms with Crippen LogP contribution in [-0.4, -0.2) is 27.5 Å². The second-order valence-electron chi connectivity index (χ2n) is 5.76. The number of hydrogen-bond acceptors (Lipinski definition) is 4. The number of amides is 1. The van der Waals surface area contributed by atoms with Gasteiger partial charge in [-0.1, -0.05) is 12.1 Å². The van der Waals surface area contributed by atoms with Gasteiger partial charge < -0.3 is 15.5 Å². The summed E-state index contributed by atoms with van der Waals surface area (Å²) in [5, 5.41) is 0. The van der Waals surface area contributed by atoms with Gasteiger partial charge in [-0.3, -0.25) is 4.79 Å². The van der Waals surface area contributed by atoms with Gasteiger partial charge in [0.25, 0.3) is 5.91 Å². The number of aromatic amines is 1. The van der Waals surface area contributed by atoms with E-state index in [-0.39, 0.29) is 0 Å². The van der Waals surface area contributed by atoms with Gasteiger partial charge in [-0.15, -0.1) is 0 Å². The molecule has 0 unspecified atom stereocenters. The Morgan fingerprint density at radius 3 is 2.91 bits per heavy atom. The van der Waals surface area contributed by atoms with Gasteiger partial charge in [0.05, 0.1) is 17.7 Å². The fourth-order valence-corrected chi connectivity index (χ4v) is 2.61. The number of H-pyrrole nitrogens is 1. The number of hydrogen-bond donors (Lipinski definition) is 2. The van der Waals surface area contributed by atoms with E-state index in [1.807, 2.05) is 24.3 Å². The van der Waals surface area contributed by atoms with Crippen molar-refractivity contribution in [1.82, 2.24) is 15.0 Å². The molecule has 0 bridgehead atoms. The third-order valence-corrected chi connectivity index (χ3v) is 4.04. The van der Waals surface area contributed by atoms with Crippen LogP contribution < -0.4 is 10.5 Å². The molecule has 1 amide bonds. The van der Waals surface area contributed by atoms with E-state index in [9.17, 15) is 4.79 Å². The molecule has 0 radical (unpaired) electrons. The van der Waals surface area contributed by atoms with Crippen LogP contribution in [-0.2, 0) is 0 Å². The molecule has 2 heterocycles. The summed E-state index contributed by atoms with van der Waals surface area (Å²) in [5.41, 5.74) is 8.54. The molecule has 0 aliphatic heterocycles. The second kappa shape index (κ2) is 5.39. The number of para-hydroxylation sites is 1. The van der Waals surface area contributed by atoms with E-state index in [0.717, 1.165) is 17.9 Å². The van der Waals surface area contributed by atoms with Crippen molar-refractivity contribution in [2.45, 2.75) is 12.8 Å². The summed E-state index contributed by atoms with van der Waals surface area (Å²) in [7, 11) is 0. The third kappa shape index (κ3) is 2.52. The van der Waals surface area contributed by atoms with Crippen molar-refractivity contribution in [1.29, 1.82) is 0 Å². The van der Waals surface area contributed by atoms with Crippen molar-refractivity contribution in [2.75, 3.05) is 6.61 Å². The predicted molar refractivity (Wildman–Crippen MR) is 86.1 cm³/mol. The number of nitrogens with zero attached hydrogens (tertiary/aromatic N) is 2. The summed E-state index contributed by atoms with van der Waals surface area (Å²) in [6.07, 6.45) is 5.48. The number of fused-ring (bicyclic) bond motifs is 1. The van der Waals surface area contributed by atoms with Crippen LogP contribution in [0.25, 0.3) is 22.3 Å². The third-order valence-electron chi connectivity index (χ3n) is 4.04. The molecule has 116 valence electrons. The number of aromatic nitrogens is 3. The highest BCUT2D eigenvalue weighted by atomic mass is 16.5. The largest absolute Gasteiger partial charge is 0.493 e. The molecule has 0 atom stereocenters. The van der Waals surface area contributed by atoms with Gasteiger partial charge in [-0.25, -0.2) is 9.97 Å². The average molecular weight is 308 g/mol. The molecule has 6 nitrogen and oxygen atoms in total. The Hall–Kier alpha value is -2.89. The molecule has 0 saturated heterocycles. The SMILES string of the molecule is NC(=O)c1c[nH]c2c(-c3ccccc3OCC3CC3)ncnc12. The molecule has 1 aromatic carbocycles. The van der Waals surface area contributed by atoms with Gasteiger partial charge >= 0.3 is 0 Å². The minimum atomic E-state index is -0.515. The van der Waals surface area contributed by atoms with Crippen LogP contribution in [0.2, 0.25) is 0 Å². The number of carbonyl (C=O) groups is 1. The van der Waals surface area contributed by atoms with Crippen LogP contribution in [0.15, 0.2) is 36.8 Å². The number of primary amides is 1. The Bertz CT molecular complexity index is 883. The molecule has 1 aliphatic rings. The van der Waals surface area contributed by atoms with Crippen molar-refractivity contribution in [2.24, 2.45) is 11.7 Å². The topological polar surface area (TPSA) is 93.9 Å². The quantitative estimate of drug-likeness (QED) is 0.757. The maximum absolute atomic E-state index is 11.5. The maximum Gasteiger partial charge on any atom is 0.252 e. The van der Waals surface area contributed by atoms with Gasteiger partial charge in [0.1, 0.15) is 23.3 Å². The Morgan fingerprint density at radius 2 is 2.13 bits per heavy atom. The monoisotopic (exact) mass is 308 g/mol. The number of rotatable bonds is 5. The number of nitrogens with two attached hydrogens (primary N) is 1. The van der Waals surface area contributed by atoms with E-state index in [1.54, 1.807) is 6.20 Å². The van der Waals surface area contributed by atoms with E-state index < -0.39 is 5.91 Å². The lowest BCUT2D eigenvalue weighted by Gasteiger charge is -2.11. The molecule has 23 heavy (non-hydrogen) atoms. The average Bonchev–Trinajstić information content (AvgIpc) is 3.29. The minimum absolute atomic E-state index is 0.361. The summed E-state index contributed by atoms with van der Waals surface area (Å²) < 4.78 is 5.95. The molecule has 2 aromatic heterocycles. The Morgan fingerprint density at radius 1 is 1.30 bits per heavy atom. The van der Waals surface area contributed by atoms with Crippen LogP contribution in [0.5, 0.6) is 5.75 Å². The second-order valence-corrected chi connectivity index (χ2v) is 5.76. The first kappa shape index (κ1) is 13.8. The van der Waals surface area contributed by atoms with E-state index in [1.165, 1.54) is 19.2 Å². The van der Waals surface area contributed by atoms with Crippen molar-refractivity contribution >= 4 is 16.9 Å².